The van der Waals surface area contributed by atoms with Gasteiger partial charge in [0.2, 0.25) is 5.91 Å². The highest BCUT2D eigenvalue weighted by Gasteiger charge is 2.31. The zero-order valence-corrected chi connectivity index (χ0v) is 17.3. The van der Waals surface area contributed by atoms with Crippen LogP contribution in [0.2, 0.25) is 0 Å². The summed E-state index contributed by atoms with van der Waals surface area (Å²) in [6.45, 7) is 9.73. The van der Waals surface area contributed by atoms with Gasteiger partial charge in [-0.05, 0) is 56.4 Å². The van der Waals surface area contributed by atoms with Crippen LogP contribution >= 0.6 is 0 Å². The standard InChI is InChI=1S/C22H33N3O3/c1-16(2)10-15-28-20-8-4-18(5-9-20)22(27)25-13-11-24(12-14-25)17(3)21(26)23-19-6-7-19/h4-5,8-9,16-17,19H,6-7,10-15H2,1-3H3,(H,23,26). The second kappa shape index (κ2) is 9.41. The van der Waals surface area contributed by atoms with E-state index in [4.69, 9.17) is 4.74 Å². The molecule has 1 atom stereocenters. The van der Waals surface area contributed by atoms with E-state index >= 15 is 0 Å². The third kappa shape index (κ3) is 5.71. The molecule has 1 saturated carbocycles. The zero-order chi connectivity index (χ0) is 20.1. The lowest BCUT2D eigenvalue weighted by atomic mass is 10.1. The molecule has 28 heavy (non-hydrogen) atoms. The highest BCUT2D eigenvalue weighted by molar-refractivity contribution is 5.94. The first-order valence-corrected chi connectivity index (χ1v) is 10.5. The minimum absolute atomic E-state index is 0.0449. The van der Waals surface area contributed by atoms with Crippen molar-refractivity contribution in [2.75, 3.05) is 32.8 Å². The maximum absolute atomic E-state index is 12.8. The van der Waals surface area contributed by atoms with Crippen LogP contribution in [0.5, 0.6) is 5.75 Å². The van der Waals surface area contributed by atoms with E-state index in [0.29, 0.717) is 37.2 Å². The monoisotopic (exact) mass is 387 g/mol. The van der Waals surface area contributed by atoms with Gasteiger partial charge in [0.05, 0.1) is 12.6 Å². The maximum atomic E-state index is 12.8. The van der Waals surface area contributed by atoms with Gasteiger partial charge in [0.25, 0.3) is 5.91 Å². The van der Waals surface area contributed by atoms with Gasteiger partial charge in [-0.2, -0.15) is 0 Å². The van der Waals surface area contributed by atoms with Crippen molar-refractivity contribution < 1.29 is 14.3 Å². The molecular weight excluding hydrogens is 354 g/mol. The molecule has 2 fully saturated rings. The Bertz CT molecular complexity index is 662. The van der Waals surface area contributed by atoms with Crippen LogP contribution in [0.1, 0.15) is 50.4 Å². The Morgan fingerprint density at radius 3 is 2.29 bits per heavy atom. The number of ether oxygens (including phenoxy) is 1. The highest BCUT2D eigenvalue weighted by Crippen LogP contribution is 2.20. The van der Waals surface area contributed by atoms with Crippen LogP contribution in [0.15, 0.2) is 24.3 Å². The molecule has 6 nitrogen and oxygen atoms in total. The number of nitrogens with one attached hydrogen (secondary N) is 1. The summed E-state index contributed by atoms with van der Waals surface area (Å²) in [5.74, 6) is 1.57. The van der Waals surface area contributed by atoms with E-state index in [1.807, 2.05) is 36.1 Å². The molecule has 1 aliphatic carbocycles. The summed E-state index contributed by atoms with van der Waals surface area (Å²) >= 11 is 0. The molecule has 154 valence electrons. The molecular formula is C22H33N3O3. The van der Waals surface area contributed by atoms with Gasteiger partial charge in [-0.25, -0.2) is 0 Å². The van der Waals surface area contributed by atoms with Gasteiger partial charge in [0.15, 0.2) is 0 Å². The Morgan fingerprint density at radius 2 is 1.71 bits per heavy atom. The molecule has 6 heteroatoms. The molecule has 1 N–H and O–H groups in total. The Hall–Kier alpha value is -2.08. The lowest BCUT2D eigenvalue weighted by molar-refractivity contribution is -0.126. The van der Waals surface area contributed by atoms with Crippen molar-refractivity contribution in [1.29, 1.82) is 0 Å². The van der Waals surface area contributed by atoms with Gasteiger partial charge < -0.3 is 15.0 Å². The average Bonchev–Trinajstić information content (AvgIpc) is 3.51. The summed E-state index contributed by atoms with van der Waals surface area (Å²) in [6, 6.07) is 7.66. The predicted molar refractivity (Wildman–Crippen MR) is 109 cm³/mol. The Labute approximate surface area is 168 Å². The molecule has 0 bridgehead atoms. The first-order valence-electron chi connectivity index (χ1n) is 10.5. The largest absolute Gasteiger partial charge is 0.494 e. The minimum Gasteiger partial charge on any atom is -0.494 e. The van der Waals surface area contributed by atoms with Crippen molar-refractivity contribution in [2.45, 2.75) is 52.1 Å². The number of carbonyl (C=O) groups excluding carboxylic acids is 2. The van der Waals surface area contributed by atoms with Gasteiger partial charge in [0.1, 0.15) is 5.75 Å². The lowest BCUT2D eigenvalue weighted by Crippen LogP contribution is -2.55. The van der Waals surface area contributed by atoms with E-state index in [9.17, 15) is 9.59 Å². The van der Waals surface area contributed by atoms with Crippen molar-refractivity contribution in [2.24, 2.45) is 5.92 Å². The van der Waals surface area contributed by atoms with E-state index in [-0.39, 0.29) is 17.9 Å². The van der Waals surface area contributed by atoms with Gasteiger partial charge in [0, 0.05) is 37.8 Å². The fourth-order valence-electron chi connectivity index (χ4n) is 3.32. The Balaban J connectivity index is 1.45. The number of hydrogen-bond acceptors (Lipinski definition) is 4. The molecule has 1 aliphatic heterocycles. The molecule has 1 aromatic carbocycles. The summed E-state index contributed by atoms with van der Waals surface area (Å²) in [6.07, 6.45) is 3.21. The maximum Gasteiger partial charge on any atom is 0.253 e. The van der Waals surface area contributed by atoms with E-state index < -0.39 is 0 Å². The van der Waals surface area contributed by atoms with Crippen LogP contribution in [-0.2, 0) is 4.79 Å². The fraction of sp³-hybridized carbons (Fsp3) is 0.636. The number of piperazine rings is 1. The number of benzene rings is 1. The van der Waals surface area contributed by atoms with Gasteiger partial charge in [-0.3, -0.25) is 14.5 Å². The van der Waals surface area contributed by atoms with Crippen LogP contribution in [0, 0.1) is 5.92 Å². The lowest BCUT2D eigenvalue weighted by Gasteiger charge is -2.37. The predicted octanol–water partition coefficient (Wildman–Crippen LogP) is 2.54. The van der Waals surface area contributed by atoms with Crippen LogP contribution in [0.25, 0.3) is 0 Å². The molecule has 1 saturated heterocycles. The summed E-state index contributed by atoms with van der Waals surface area (Å²) in [5, 5.41) is 3.06. The Kier molecular flexibility index (Phi) is 6.94. The number of carbonyl (C=O) groups is 2. The van der Waals surface area contributed by atoms with Gasteiger partial charge in [-0.15, -0.1) is 0 Å². The van der Waals surface area contributed by atoms with Crippen LogP contribution in [0.3, 0.4) is 0 Å². The molecule has 1 heterocycles. The van der Waals surface area contributed by atoms with Crippen molar-refractivity contribution in [3.63, 3.8) is 0 Å². The molecule has 1 unspecified atom stereocenters. The number of amides is 2. The summed E-state index contributed by atoms with van der Waals surface area (Å²) in [5.41, 5.74) is 0.684. The first-order chi connectivity index (χ1) is 13.4. The van der Waals surface area contributed by atoms with E-state index in [2.05, 4.69) is 24.1 Å². The Morgan fingerprint density at radius 1 is 1.07 bits per heavy atom. The number of hydrogen-bond donors (Lipinski definition) is 1. The van der Waals surface area contributed by atoms with Crippen LogP contribution < -0.4 is 10.1 Å². The minimum atomic E-state index is -0.139. The van der Waals surface area contributed by atoms with Gasteiger partial charge in [-0.1, -0.05) is 13.8 Å². The summed E-state index contributed by atoms with van der Waals surface area (Å²) in [7, 11) is 0. The molecule has 0 radical (unpaired) electrons. The third-order valence-electron chi connectivity index (χ3n) is 5.52. The van der Waals surface area contributed by atoms with Crippen molar-refractivity contribution >= 4 is 11.8 Å². The smallest absolute Gasteiger partial charge is 0.253 e. The second-order valence-electron chi connectivity index (χ2n) is 8.34. The molecule has 2 aliphatic rings. The normalized spacial score (nSPS) is 18.8. The van der Waals surface area contributed by atoms with Crippen LogP contribution in [-0.4, -0.2) is 66.5 Å². The van der Waals surface area contributed by atoms with Crippen molar-refractivity contribution in [3.05, 3.63) is 29.8 Å². The summed E-state index contributed by atoms with van der Waals surface area (Å²) in [4.78, 5) is 29.0. The average molecular weight is 388 g/mol. The summed E-state index contributed by atoms with van der Waals surface area (Å²) < 4.78 is 5.72. The SMILES string of the molecule is CC(C)CCOc1ccc(C(=O)N2CCN(C(C)C(=O)NC3CC3)CC2)cc1. The topological polar surface area (TPSA) is 61.9 Å². The van der Waals surface area contributed by atoms with Crippen molar-refractivity contribution in [3.8, 4) is 5.75 Å². The van der Waals surface area contributed by atoms with Gasteiger partial charge >= 0.3 is 0 Å². The van der Waals surface area contributed by atoms with Crippen LogP contribution in [0.4, 0.5) is 0 Å². The second-order valence-corrected chi connectivity index (χ2v) is 8.34. The van der Waals surface area contributed by atoms with E-state index in [1.54, 1.807) is 0 Å². The quantitative estimate of drug-likeness (QED) is 0.745. The molecule has 0 spiro atoms. The molecule has 0 aromatic heterocycles. The fourth-order valence-corrected chi connectivity index (χ4v) is 3.32. The molecule has 3 rings (SSSR count). The van der Waals surface area contributed by atoms with E-state index in [0.717, 1.165) is 38.1 Å². The highest BCUT2D eigenvalue weighted by atomic mass is 16.5. The zero-order valence-electron chi connectivity index (χ0n) is 17.3. The molecule has 1 aromatic rings. The first kappa shape index (κ1) is 20.6. The third-order valence-corrected chi connectivity index (χ3v) is 5.52. The van der Waals surface area contributed by atoms with Crippen molar-refractivity contribution in [1.82, 2.24) is 15.1 Å². The van der Waals surface area contributed by atoms with E-state index in [1.165, 1.54) is 0 Å². The number of nitrogens with zero attached hydrogens (tertiary/aromatic N) is 2. The number of rotatable bonds is 8. The molecule has 2 amide bonds.